The van der Waals surface area contributed by atoms with Gasteiger partial charge in [0.15, 0.2) is 0 Å². The van der Waals surface area contributed by atoms with Crippen molar-refractivity contribution >= 4 is 43.5 Å². The number of amides is 2. The number of hydrogen-bond acceptors (Lipinski definition) is 4. The Hall–Kier alpha value is -2.39. The maximum atomic E-state index is 13.5. The SMILES string of the molecule is CCCCNC(=O)[C@H](C)N(Cc1ccc(Br)cc1)C(=O)CN(c1cc(C)ccc1C)S(C)(=O)=O. The average molecular weight is 553 g/mol. The van der Waals surface area contributed by atoms with Gasteiger partial charge in [-0.1, -0.05) is 53.5 Å². The molecule has 2 aromatic rings. The second kappa shape index (κ2) is 12.4. The van der Waals surface area contributed by atoms with Crippen LogP contribution in [0, 0.1) is 13.8 Å². The van der Waals surface area contributed by atoms with Crippen molar-refractivity contribution in [2.75, 3.05) is 23.7 Å². The number of aryl methyl sites for hydroxylation is 2. The molecule has 2 rings (SSSR count). The van der Waals surface area contributed by atoms with Crippen LogP contribution in [0.4, 0.5) is 5.69 Å². The number of nitrogens with zero attached hydrogens (tertiary/aromatic N) is 2. The highest BCUT2D eigenvalue weighted by Crippen LogP contribution is 2.24. The maximum Gasteiger partial charge on any atom is 0.244 e. The molecule has 2 amide bonds. The molecule has 0 aliphatic rings. The van der Waals surface area contributed by atoms with Crippen LogP contribution in [-0.2, 0) is 26.2 Å². The van der Waals surface area contributed by atoms with Gasteiger partial charge in [-0.05, 0) is 62.1 Å². The Balaban J connectivity index is 2.38. The number of nitrogens with one attached hydrogen (secondary N) is 1. The van der Waals surface area contributed by atoms with E-state index in [4.69, 9.17) is 0 Å². The first-order valence-corrected chi connectivity index (χ1v) is 13.9. The summed E-state index contributed by atoms with van der Waals surface area (Å²) in [5.41, 5.74) is 2.92. The first-order valence-electron chi connectivity index (χ1n) is 11.3. The lowest BCUT2D eigenvalue weighted by Crippen LogP contribution is -2.51. The molecule has 34 heavy (non-hydrogen) atoms. The van der Waals surface area contributed by atoms with Gasteiger partial charge in [-0.2, -0.15) is 0 Å². The summed E-state index contributed by atoms with van der Waals surface area (Å²) < 4.78 is 27.4. The van der Waals surface area contributed by atoms with E-state index in [9.17, 15) is 18.0 Å². The molecule has 0 fully saturated rings. The standard InChI is InChI=1S/C25H34BrN3O4S/c1-6-7-14-27-25(31)20(4)28(16-21-10-12-22(26)13-11-21)24(30)17-29(34(5,32)33)23-15-18(2)8-9-19(23)3/h8-13,15,20H,6-7,14,16-17H2,1-5H3,(H,27,31)/t20-/m0/s1. The van der Waals surface area contributed by atoms with Gasteiger partial charge in [0.2, 0.25) is 21.8 Å². The summed E-state index contributed by atoms with van der Waals surface area (Å²) >= 11 is 3.40. The first kappa shape index (κ1) is 27.9. The summed E-state index contributed by atoms with van der Waals surface area (Å²) in [6.07, 6.45) is 2.87. The topological polar surface area (TPSA) is 86.8 Å². The fraction of sp³-hybridized carbons (Fsp3) is 0.440. The van der Waals surface area contributed by atoms with Crippen LogP contribution in [0.5, 0.6) is 0 Å². The largest absolute Gasteiger partial charge is 0.354 e. The summed E-state index contributed by atoms with van der Waals surface area (Å²) in [5.74, 6) is -0.719. The number of carbonyl (C=O) groups excluding carboxylic acids is 2. The predicted molar refractivity (Wildman–Crippen MR) is 140 cm³/mol. The van der Waals surface area contributed by atoms with Gasteiger partial charge < -0.3 is 10.2 Å². The molecule has 0 aliphatic carbocycles. The van der Waals surface area contributed by atoms with E-state index in [1.807, 2.05) is 50.2 Å². The van der Waals surface area contributed by atoms with Crippen LogP contribution in [-0.4, -0.2) is 50.5 Å². The second-order valence-corrected chi connectivity index (χ2v) is 11.4. The summed E-state index contributed by atoms with van der Waals surface area (Å²) in [7, 11) is -3.75. The molecule has 1 N–H and O–H groups in total. The highest BCUT2D eigenvalue weighted by Gasteiger charge is 2.30. The summed E-state index contributed by atoms with van der Waals surface area (Å²) in [6.45, 7) is 7.68. The Bertz CT molecular complexity index is 1100. The molecule has 7 nitrogen and oxygen atoms in total. The lowest BCUT2D eigenvalue weighted by atomic mass is 10.1. The Labute approximate surface area is 211 Å². The molecule has 0 bridgehead atoms. The van der Waals surface area contributed by atoms with Gasteiger partial charge in [0.1, 0.15) is 12.6 Å². The molecule has 2 aromatic carbocycles. The minimum atomic E-state index is -3.75. The van der Waals surface area contributed by atoms with E-state index in [0.717, 1.165) is 44.6 Å². The van der Waals surface area contributed by atoms with Gasteiger partial charge in [-0.15, -0.1) is 0 Å². The Morgan fingerprint density at radius 1 is 1.09 bits per heavy atom. The number of anilines is 1. The van der Waals surface area contributed by atoms with Gasteiger partial charge >= 0.3 is 0 Å². The van der Waals surface area contributed by atoms with E-state index >= 15 is 0 Å². The molecule has 0 unspecified atom stereocenters. The van der Waals surface area contributed by atoms with Crippen molar-refractivity contribution in [3.63, 3.8) is 0 Å². The van der Waals surface area contributed by atoms with E-state index in [0.29, 0.717) is 12.2 Å². The third-order valence-corrected chi connectivity index (χ3v) is 7.23. The van der Waals surface area contributed by atoms with Crippen LogP contribution in [0.3, 0.4) is 0 Å². The minimum absolute atomic E-state index is 0.179. The third-order valence-electron chi connectivity index (χ3n) is 5.58. The first-order chi connectivity index (χ1) is 15.9. The van der Waals surface area contributed by atoms with Crippen LogP contribution in [0.25, 0.3) is 0 Å². The molecule has 0 radical (unpaired) electrons. The van der Waals surface area contributed by atoms with Crippen LogP contribution >= 0.6 is 15.9 Å². The minimum Gasteiger partial charge on any atom is -0.354 e. The van der Waals surface area contributed by atoms with Crippen molar-refractivity contribution < 1.29 is 18.0 Å². The normalized spacial score (nSPS) is 12.2. The van der Waals surface area contributed by atoms with E-state index in [2.05, 4.69) is 21.2 Å². The van der Waals surface area contributed by atoms with E-state index in [1.165, 1.54) is 4.90 Å². The van der Waals surface area contributed by atoms with Crippen molar-refractivity contribution in [1.29, 1.82) is 0 Å². The number of sulfonamides is 1. The zero-order chi connectivity index (χ0) is 25.5. The van der Waals surface area contributed by atoms with E-state index in [-0.39, 0.29) is 12.5 Å². The van der Waals surface area contributed by atoms with Crippen molar-refractivity contribution in [2.24, 2.45) is 0 Å². The van der Waals surface area contributed by atoms with Crippen LogP contribution in [0.1, 0.15) is 43.4 Å². The summed E-state index contributed by atoms with van der Waals surface area (Å²) in [5, 5.41) is 2.87. The summed E-state index contributed by atoms with van der Waals surface area (Å²) in [4.78, 5) is 27.8. The van der Waals surface area contributed by atoms with E-state index in [1.54, 1.807) is 19.9 Å². The maximum absolute atomic E-state index is 13.5. The molecule has 0 aromatic heterocycles. The van der Waals surface area contributed by atoms with Crippen molar-refractivity contribution in [3.05, 3.63) is 63.6 Å². The molecular weight excluding hydrogens is 518 g/mol. The number of carbonyl (C=O) groups is 2. The molecule has 0 spiro atoms. The zero-order valence-corrected chi connectivity index (χ0v) is 22.9. The molecule has 0 saturated carbocycles. The number of hydrogen-bond donors (Lipinski definition) is 1. The number of unbranched alkanes of at least 4 members (excludes halogenated alkanes) is 1. The van der Waals surface area contributed by atoms with E-state index < -0.39 is 28.5 Å². The second-order valence-electron chi connectivity index (χ2n) is 8.53. The molecule has 9 heteroatoms. The molecular formula is C25H34BrN3O4S. The van der Waals surface area contributed by atoms with Crippen molar-refractivity contribution in [1.82, 2.24) is 10.2 Å². The van der Waals surface area contributed by atoms with Gasteiger partial charge in [0, 0.05) is 17.6 Å². The van der Waals surface area contributed by atoms with Crippen molar-refractivity contribution in [2.45, 2.75) is 53.1 Å². The Morgan fingerprint density at radius 2 is 1.74 bits per heavy atom. The average Bonchev–Trinajstić information content (AvgIpc) is 2.77. The lowest BCUT2D eigenvalue weighted by molar-refractivity contribution is -0.139. The highest BCUT2D eigenvalue weighted by atomic mass is 79.9. The number of benzene rings is 2. The zero-order valence-electron chi connectivity index (χ0n) is 20.5. The molecule has 1 atom stereocenters. The lowest BCUT2D eigenvalue weighted by Gasteiger charge is -2.32. The van der Waals surface area contributed by atoms with Crippen LogP contribution in [0.2, 0.25) is 0 Å². The van der Waals surface area contributed by atoms with Gasteiger partial charge in [-0.25, -0.2) is 8.42 Å². The fourth-order valence-corrected chi connectivity index (χ4v) is 4.65. The predicted octanol–water partition coefficient (Wildman–Crippen LogP) is 4.17. The van der Waals surface area contributed by atoms with Crippen LogP contribution in [0.15, 0.2) is 46.9 Å². The van der Waals surface area contributed by atoms with Gasteiger partial charge in [0.05, 0.1) is 11.9 Å². The quantitative estimate of drug-likeness (QED) is 0.424. The van der Waals surface area contributed by atoms with Crippen molar-refractivity contribution in [3.8, 4) is 0 Å². The smallest absolute Gasteiger partial charge is 0.244 e. The molecule has 0 aliphatic heterocycles. The Kier molecular flexibility index (Phi) is 10.1. The van der Waals surface area contributed by atoms with Crippen LogP contribution < -0.4 is 9.62 Å². The number of halogens is 1. The molecule has 186 valence electrons. The van der Waals surface area contributed by atoms with Gasteiger partial charge in [-0.3, -0.25) is 13.9 Å². The van der Waals surface area contributed by atoms with Gasteiger partial charge in [0.25, 0.3) is 0 Å². The monoisotopic (exact) mass is 551 g/mol. The highest BCUT2D eigenvalue weighted by molar-refractivity contribution is 9.10. The summed E-state index contributed by atoms with van der Waals surface area (Å²) in [6, 6.07) is 12.2. The molecule has 0 heterocycles. The Morgan fingerprint density at radius 3 is 2.32 bits per heavy atom. The molecule has 0 saturated heterocycles. The third kappa shape index (κ3) is 7.84. The number of rotatable bonds is 11. The fourth-order valence-electron chi connectivity index (χ4n) is 3.49.